The molecule has 1 unspecified atom stereocenters. The van der Waals surface area contributed by atoms with E-state index in [1.54, 1.807) is 6.20 Å². The summed E-state index contributed by atoms with van der Waals surface area (Å²) in [6, 6.07) is 10.3. The van der Waals surface area contributed by atoms with E-state index in [-0.39, 0.29) is 6.10 Å². The van der Waals surface area contributed by atoms with E-state index in [4.69, 9.17) is 14.5 Å². The topological polar surface area (TPSA) is 72.7 Å². The number of nitrogens with zero attached hydrogens (tertiary/aromatic N) is 3. The van der Waals surface area contributed by atoms with Crippen LogP contribution >= 0.6 is 0 Å². The summed E-state index contributed by atoms with van der Waals surface area (Å²) in [5, 5.41) is 11.0. The van der Waals surface area contributed by atoms with Crippen molar-refractivity contribution in [2.45, 2.75) is 39.0 Å². The zero-order valence-electron chi connectivity index (χ0n) is 16.6. The lowest BCUT2D eigenvalue weighted by Crippen LogP contribution is -2.38. The van der Waals surface area contributed by atoms with Crippen LogP contribution < -0.4 is 10.6 Å². The van der Waals surface area contributed by atoms with Crippen LogP contribution in [0.1, 0.15) is 30.9 Å². The van der Waals surface area contributed by atoms with Gasteiger partial charge in [0.1, 0.15) is 0 Å². The first-order chi connectivity index (χ1) is 13.8. The molecule has 7 heteroatoms. The Labute approximate surface area is 167 Å². The summed E-state index contributed by atoms with van der Waals surface area (Å²) in [7, 11) is 0. The molecule has 1 atom stereocenters. The van der Waals surface area contributed by atoms with Gasteiger partial charge >= 0.3 is 0 Å². The van der Waals surface area contributed by atoms with Crippen LogP contribution in [0.2, 0.25) is 0 Å². The van der Waals surface area contributed by atoms with Crippen molar-refractivity contribution in [2.75, 3.05) is 32.9 Å². The Bertz CT molecular complexity index is 711. The Balaban J connectivity index is 1.48. The number of rotatable bonds is 10. The molecule has 1 aliphatic rings. The van der Waals surface area contributed by atoms with E-state index in [0.717, 1.165) is 58.3 Å². The molecule has 1 aromatic heterocycles. The average molecular weight is 386 g/mol. The van der Waals surface area contributed by atoms with Crippen molar-refractivity contribution in [2.24, 2.45) is 4.99 Å². The largest absolute Gasteiger partial charge is 0.379 e. The molecule has 28 heavy (non-hydrogen) atoms. The summed E-state index contributed by atoms with van der Waals surface area (Å²) in [5.41, 5.74) is 2.44. The quantitative estimate of drug-likeness (QED) is 0.373. The molecule has 0 saturated carbocycles. The Morgan fingerprint density at radius 2 is 2.18 bits per heavy atom. The van der Waals surface area contributed by atoms with Gasteiger partial charge in [0.2, 0.25) is 0 Å². The second-order valence-electron chi connectivity index (χ2n) is 6.80. The summed E-state index contributed by atoms with van der Waals surface area (Å²) >= 11 is 0. The lowest BCUT2D eigenvalue weighted by Gasteiger charge is -2.13. The Morgan fingerprint density at radius 3 is 2.93 bits per heavy atom. The number of guanidine groups is 1. The highest BCUT2D eigenvalue weighted by Gasteiger charge is 2.15. The van der Waals surface area contributed by atoms with Crippen LogP contribution in [-0.4, -0.2) is 54.8 Å². The smallest absolute Gasteiger partial charge is 0.191 e. The van der Waals surface area contributed by atoms with Gasteiger partial charge in [0, 0.05) is 38.7 Å². The summed E-state index contributed by atoms with van der Waals surface area (Å²) in [4.78, 5) is 4.75. The molecule has 2 aromatic rings. The van der Waals surface area contributed by atoms with Crippen LogP contribution in [0.4, 0.5) is 0 Å². The number of aliphatic imine (C=N–C) groups is 1. The SMILES string of the molecule is CCNC(=NCc1ccccc1Cn1cccn1)NCCCOC1CCOC1. The maximum atomic E-state index is 5.81. The lowest BCUT2D eigenvalue weighted by atomic mass is 10.1. The standard InChI is InChI=1S/C21H31N5O2/c1-2-22-21(23-10-6-13-28-20-9-14-27-17-20)24-15-18-7-3-4-8-19(18)16-26-12-5-11-25-26/h3-5,7-8,11-12,20H,2,6,9-10,13-17H2,1H3,(H2,22,23,24). The predicted molar refractivity (Wildman–Crippen MR) is 110 cm³/mol. The molecule has 2 N–H and O–H groups in total. The summed E-state index contributed by atoms with van der Waals surface area (Å²) in [5.74, 6) is 0.834. The second kappa shape index (κ2) is 11.5. The number of hydrogen-bond acceptors (Lipinski definition) is 4. The number of ether oxygens (including phenoxy) is 2. The van der Waals surface area contributed by atoms with Crippen LogP contribution in [0.5, 0.6) is 0 Å². The van der Waals surface area contributed by atoms with Crippen LogP contribution in [0.3, 0.4) is 0 Å². The predicted octanol–water partition coefficient (Wildman–Crippen LogP) is 2.18. The third kappa shape index (κ3) is 6.65. The van der Waals surface area contributed by atoms with Crippen LogP contribution in [0.15, 0.2) is 47.7 Å². The number of hydrogen-bond donors (Lipinski definition) is 2. The lowest BCUT2D eigenvalue weighted by molar-refractivity contribution is 0.0420. The fourth-order valence-electron chi connectivity index (χ4n) is 3.11. The van der Waals surface area contributed by atoms with E-state index in [1.807, 2.05) is 16.9 Å². The molecule has 0 radical (unpaired) electrons. The number of nitrogens with one attached hydrogen (secondary N) is 2. The second-order valence-corrected chi connectivity index (χ2v) is 6.80. The van der Waals surface area contributed by atoms with Gasteiger partial charge in [-0.3, -0.25) is 4.68 Å². The van der Waals surface area contributed by atoms with Gasteiger partial charge in [-0.15, -0.1) is 0 Å². The van der Waals surface area contributed by atoms with Crippen LogP contribution in [0.25, 0.3) is 0 Å². The number of benzene rings is 1. The first-order valence-corrected chi connectivity index (χ1v) is 10.1. The Morgan fingerprint density at radius 1 is 1.29 bits per heavy atom. The molecule has 2 heterocycles. The van der Waals surface area contributed by atoms with Crippen LogP contribution in [0, 0.1) is 0 Å². The van der Waals surface area contributed by atoms with Gasteiger partial charge in [-0.2, -0.15) is 5.10 Å². The maximum Gasteiger partial charge on any atom is 0.191 e. The van der Waals surface area contributed by atoms with E-state index in [2.05, 4.69) is 46.9 Å². The monoisotopic (exact) mass is 385 g/mol. The third-order valence-corrected chi connectivity index (χ3v) is 4.62. The van der Waals surface area contributed by atoms with E-state index < -0.39 is 0 Å². The van der Waals surface area contributed by atoms with Gasteiger partial charge < -0.3 is 20.1 Å². The average Bonchev–Trinajstić information content (AvgIpc) is 3.41. The van der Waals surface area contributed by atoms with Crippen molar-refractivity contribution in [3.63, 3.8) is 0 Å². The zero-order valence-corrected chi connectivity index (χ0v) is 16.6. The highest BCUT2D eigenvalue weighted by Crippen LogP contribution is 2.12. The molecule has 1 aromatic carbocycles. The molecular weight excluding hydrogens is 354 g/mol. The van der Waals surface area contributed by atoms with Gasteiger partial charge in [-0.05, 0) is 37.0 Å². The molecule has 0 aliphatic carbocycles. The van der Waals surface area contributed by atoms with Crippen molar-refractivity contribution in [3.05, 3.63) is 53.9 Å². The number of aromatic nitrogens is 2. The van der Waals surface area contributed by atoms with Crippen molar-refractivity contribution >= 4 is 5.96 Å². The summed E-state index contributed by atoms with van der Waals surface area (Å²) in [6.45, 7) is 7.41. The van der Waals surface area contributed by atoms with Crippen LogP contribution in [-0.2, 0) is 22.6 Å². The molecule has 1 saturated heterocycles. The normalized spacial score (nSPS) is 17.0. The van der Waals surface area contributed by atoms with Gasteiger partial charge in [-0.1, -0.05) is 24.3 Å². The minimum Gasteiger partial charge on any atom is -0.379 e. The van der Waals surface area contributed by atoms with Crippen molar-refractivity contribution < 1.29 is 9.47 Å². The molecule has 0 bridgehead atoms. The Hall–Kier alpha value is -2.38. The molecular formula is C21H31N5O2. The fourth-order valence-corrected chi connectivity index (χ4v) is 3.11. The van der Waals surface area contributed by atoms with Gasteiger partial charge in [0.15, 0.2) is 5.96 Å². The van der Waals surface area contributed by atoms with Gasteiger partial charge in [0.25, 0.3) is 0 Å². The molecule has 3 rings (SSSR count). The highest BCUT2D eigenvalue weighted by atomic mass is 16.5. The van der Waals surface area contributed by atoms with Crippen molar-refractivity contribution in [1.82, 2.24) is 20.4 Å². The molecule has 152 valence electrons. The molecule has 0 amide bonds. The third-order valence-electron chi connectivity index (χ3n) is 4.62. The van der Waals surface area contributed by atoms with E-state index in [0.29, 0.717) is 6.54 Å². The minimum absolute atomic E-state index is 0.271. The van der Waals surface area contributed by atoms with E-state index >= 15 is 0 Å². The van der Waals surface area contributed by atoms with Gasteiger partial charge in [-0.25, -0.2) is 4.99 Å². The first kappa shape index (κ1) is 20.4. The maximum absolute atomic E-state index is 5.81. The fraction of sp³-hybridized carbons (Fsp3) is 0.524. The first-order valence-electron chi connectivity index (χ1n) is 10.1. The minimum atomic E-state index is 0.271. The van der Waals surface area contributed by atoms with E-state index in [9.17, 15) is 0 Å². The molecule has 1 aliphatic heterocycles. The van der Waals surface area contributed by atoms with Gasteiger partial charge in [0.05, 0.1) is 25.8 Å². The molecule has 0 spiro atoms. The summed E-state index contributed by atoms with van der Waals surface area (Å²) in [6.07, 6.45) is 6.00. The van der Waals surface area contributed by atoms with Crippen molar-refractivity contribution in [1.29, 1.82) is 0 Å². The zero-order chi connectivity index (χ0) is 19.4. The molecule has 1 fully saturated rings. The summed E-state index contributed by atoms with van der Waals surface area (Å²) < 4.78 is 13.1. The van der Waals surface area contributed by atoms with E-state index in [1.165, 1.54) is 11.1 Å². The highest BCUT2D eigenvalue weighted by molar-refractivity contribution is 5.79. The Kier molecular flexibility index (Phi) is 8.33. The van der Waals surface area contributed by atoms with Crippen molar-refractivity contribution in [3.8, 4) is 0 Å². The molecule has 7 nitrogen and oxygen atoms in total.